The van der Waals surface area contributed by atoms with Crippen LogP contribution in [0.2, 0.25) is 0 Å². The van der Waals surface area contributed by atoms with Crippen molar-refractivity contribution < 1.29 is 28.7 Å². The summed E-state index contributed by atoms with van der Waals surface area (Å²) >= 11 is 0. The fraction of sp³-hybridized carbons (Fsp3) is 0.312. The van der Waals surface area contributed by atoms with Crippen LogP contribution in [0.5, 0.6) is 5.75 Å². The van der Waals surface area contributed by atoms with Crippen LogP contribution in [-0.4, -0.2) is 51.8 Å². The molecule has 0 aliphatic heterocycles. The molecule has 1 heterocycles. The third kappa shape index (κ3) is 9.32. The van der Waals surface area contributed by atoms with Crippen molar-refractivity contribution in [2.24, 2.45) is 0 Å². The summed E-state index contributed by atoms with van der Waals surface area (Å²) in [4.78, 5) is 19.3. The molecule has 41 heavy (non-hydrogen) atoms. The van der Waals surface area contributed by atoms with Crippen LogP contribution in [0, 0.1) is 6.92 Å². The molecule has 0 saturated heterocycles. The molecule has 0 radical (unpaired) electrons. The molecule has 8 nitrogen and oxygen atoms in total. The monoisotopic (exact) mass is 556 g/mol. The summed E-state index contributed by atoms with van der Waals surface area (Å²) in [5.41, 5.74) is 3.62. The number of carbonyl (C=O) groups excluding carboxylic acids is 1. The van der Waals surface area contributed by atoms with Crippen molar-refractivity contribution in [1.29, 1.82) is 0 Å². The van der Waals surface area contributed by atoms with Gasteiger partial charge in [-0.2, -0.15) is 0 Å². The maximum absolute atomic E-state index is 12.6. The lowest BCUT2D eigenvalue weighted by Gasteiger charge is -2.25. The van der Waals surface area contributed by atoms with Crippen LogP contribution in [0.4, 0.5) is 0 Å². The predicted octanol–water partition coefficient (Wildman–Crippen LogP) is 4.30. The second-order valence-corrected chi connectivity index (χ2v) is 11.0. The van der Waals surface area contributed by atoms with Crippen molar-refractivity contribution in [2.75, 3.05) is 13.2 Å². The summed E-state index contributed by atoms with van der Waals surface area (Å²) in [6.45, 7) is 9.03. The van der Waals surface area contributed by atoms with E-state index in [0.717, 1.165) is 33.9 Å². The van der Waals surface area contributed by atoms with Crippen molar-refractivity contribution >= 4 is 18.6 Å². The van der Waals surface area contributed by atoms with Gasteiger partial charge in [-0.25, -0.2) is 4.98 Å². The van der Waals surface area contributed by atoms with E-state index in [-0.39, 0.29) is 12.5 Å². The summed E-state index contributed by atoms with van der Waals surface area (Å²) < 4.78 is 17.4. The van der Waals surface area contributed by atoms with Crippen LogP contribution < -0.4 is 10.2 Å². The second kappa shape index (κ2) is 13.6. The van der Waals surface area contributed by atoms with Crippen LogP contribution in [0.15, 0.2) is 83.3 Å². The first-order valence-electron chi connectivity index (χ1n) is 13.7. The van der Waals surface area contributed by atoms with Crippen LogP contribution in [-0.2, 0) is 29.0 Å². The van der Waals surface area contributed by atoms with Gasteiger partial charge in [-0.3, -0.25) is 9.69 Å². The fourth-order valence-corrected chi connectivity index (χ4v) is 4.36. The van der Waals surface area contributed by atoms with E-state index in [2.05, 4.69) is 4.98 Å². The van der Waals surface area contributed by atoms with Gasteiger partial charge in [0.25, 0.3) is 0 Å². The molecule has 0 spiro atoms. The van der Waals surface area contributed by atoms with Crippen molar-refractivity contribution in [1.82, 2.24) is 9.88 Å². The summed E-state index contributed by atoms with van der Waals surface area (Å²) in [7, 11) is -1.52. The lowest BCUT2D eigenvalue weighted by Crippen LogP contribution is -2.34. The Bertz CT molecular complexity index is 1400. The van der Waals surface area contributed by atoms with E-state index in [9.17, 15) is 14.8 Å². The SMILES string of the molecule is Cc1oc(-c2ccccc2)nc1CCOc1ccc(CN(CC(=O)OC(C)(C)C)Cc2ccc(B(O)O)cc2)cc1. The number of hydrogen-bond donors (Lipinski definition) is 2. The van der Waals surface area contributed by atoms with Gasteiger partial charge < -0.3 is 23.9 Å². The zero-order chi connectivity index (χ0) is 29.4. The van der Waals surface area contributed by atoms with E-state index in [1.807, 2.05) is 99.3 Å². The molecule has 0 aliphatic carbocycles. The number of ether oxygens (including phenoxy) is 2. The normalized spacial score (nSPS) is 11.5. The molecule has 0 saturated carbocycles. The molecule has 2 N–H and O–H groups in total. The Balaban J connectivity index is 1.35. The van der Waals surface area contributed by atoms with Crippen molar-refractivity contribution in [3.63, 3.8) is 0 Å². The smallest absolute Gasteiger partial charge is 0.488 e. The average molecular weight is 556 g/mol. The highest BCUT2D eigenvalue weighted by Gasteiger charge is 2.20. The fourth-order valence-electron chi connectivity index (χ4n) is 4.36. The van der Waals surface area contributed by atoms with E-state index < -0.39 is 12.7 Å². The number of aromatic nitrogens is 1. The minimum absolute atomic E-state index is 0.113. The standard InChI is InChI=1S/C32H37BN2O6/c1-23-29(34-31(40-23)26-8-6-5-7-9-26)18-19-39-28-16-12-25(13-17-28)21-35(22-30(36)41-32(2,3)4)20-24-10-14-27(15-11-24)33(37)38/h5-17,37-38H,18-22H2,1-4H3. The Labute approximate surface area is 241 Å². The molecule has 4 rings (SSSR count). The molecule has 0 bridgehead atoms. The zero-order valence-corrected chi connectivity index (χ0v) is 24.0. The number of nitrogens with zero attached hydrogens (tertiary/aromatic N) is 2. The maximum Gasteiger partial charge on any atom is 0.488 e. The van der Waals surface area contributed by atoms with Crippen LogP contribution in [0.1, 0.15) is 43.4 Å². The molecule has 1 aromatic heterocycles. The largest absolute Gasteiger partial charge is 0.493 e. The minimum atomic E-state index is -1.52. The highest BCUT2D eigenvalue weighted by atomic mass is 16.6. The minimum Gasteiger partial charge on any atom is -0.493 e. The highest BCUT2D eigenvalue weighted by molar-refractivity contribution is 6.58. The van der Waals surface area contributed by atoms with Crippen molar-refractivity contribution in [3.05, 3.63) is 101 Å². The number of oxazole rings is 1. The number of rotatable bonds is 12. The summed E-state index contributed by atoms with van der Waals surface area (Å²) in [6, 6.07) is 24.6. The number of esters is 1. The Morgan fingerprint density at radius 3 is 2.12 bits per heavy atom. The van der Waals surface area contributed by atoms with E-state index in [0.29, 0.717) is 37.5 Å². The molecular weight excluding hydrogens is 519 g/mol. The number of benzene rings is 3. The molecule has 214 valence electrons. The molecule has 4 aromatic rings. The Morgan fingerprint density at radius 1 is 0.927 bits per heavy atom. The Hall–Kier alpha value is -3.92. The first-order valence-corrected chi connectivity index (χ1v) is 13.7. The predicted molar refractivity (Wildman–Crippen MR) is 159 cm³/mol. The van der Waals surface area contributed by atoms with E-state index in [1.54, 1.807) is 12.1 Å². The van der Waals surface area contributed by atoms with Gasteiger partial charge in [-0.15, -0.1) is 0 Å². The molecule has 0 fully saturated rings. The summed E-state index contributed by atoms with van der Waals surface area (Å²) in [5.74, 6) is 1.84. The molecule has 0 atom stereocenters. The summed E-state index contributed by atoms with van der Waals surface area (Å²) in [6.07, 6.45) is 0.625. The van der Waals surface area contributed by atoms with Gasteiger partial charge in [0, 0.05) is 25.1 Å². The lowest BCUT2D eigenvalue weighted by molar-refractivity contribution is -0.156. The quantitative estimate of drug-likeness (QED) is 0.197. The second-order valence-electron chi connectivity index (χ2n) is 11.0. The molecule has 0 unspecified atom stereocenters. The average Bonchev–Trinajstić information content (AvgIpc) is 3.29. The van der Waals surface area contributed by atoms with Gasteiger partial charge >= 0.3 is 13.1 Å². The number of aryl methyl sites for hydroxylation is 1. The highest BCUT2D eigenvalue weighted by Crippen LogP contribution is 2.22. The molecule has 0 aliphatic rings. The first-order chi connectivity index (χ1) is 19.6. The Kier molecular flexibility index (Phi) is 9.99. The molecular formula is C32H37BN2O6. The number of carbonyl (C=O) groups is 1. The van der Waals surface area contributed by atoms with Gasteiger partial charge in [0.1, 0.15) is 17.1 Å². The Morgan fingerprint density at radius 2 is 1.54 bits per heavy atom. The third-order valence-electron chi connectivity index (χ3n) is 6.31. The third-order valence-corrected chi connectivity index (χ3v) is 6.31. The molecule has 9 heteroatoms. The van der Waals surface area contributed by atoms with E-state index >= 15 is 0 Å². The van der Waals surface area contributed by atoms with Gasteiger partial charge in [-0.1, -0.05) is 54.6 Å². The van der Waals surface area contributed by atoms with Gasteiger partial charge in [-0.05, 0) is 68.6 Å². The lowest BCUT2D eigenvalue weighted by atomic mass is 9.80. The van der Waals surface area contributed by atoms with E-state index in [1.165, 1.54) is 0 Å². The van der Waals surface area contributed by atoms with Gasteiger partial charge in [0.05, 0.1) is 18.8 Å². The zero-order valence-electron chi connectivity index (χ0n) is 24.0. The van der Waals surface area contributed by atoms with Crippen molar-refractivity contribution in [2.45, 2.75) is 52.8 Å². The first kappa shape index (κ1) is 30.1. The van der Waals surface area contributed by atoms with Crippen LogP contribution >= 0.6 is 0 Å². The topological polar surface area (TPSA) is 105 Å². The maximum atomic E-state index is 12.6. The molecule has 3 aromatic carbocycles. The van der Waals surface area contributed by atoms with Crippen molar-refractivity contribution in [3.8, 4) is 17.2 Å². The molecule has 0 amide bonds. The van der Waals surface area contributed by atoms with Crippen LogP contribution in [0.25, 0.3) is 11.5 Å². The van der Waals surface area contributed by atoms with Gasteiger partial charge in [0.15, 0.2) is 0 Å². The van der Waals surface area contributed by atoms with E-state index in [4.69, 9.17) is 13.9 Å². The van der Waals surface area contributed by atoms with Gasteiger partial charge in [0.2, 0.25) is 5.89 Å². The summed E-state index contributed by atoms with van der Waals surface area (Å²) in [5, 5.41) is 18.8. The number of hydrogen-bond acceptors (Lipinski definition) is 8. The van der Waals surface area contributed by atoms with Crippen LogP contribution in [0.3, 0.4) is 0 Å².